The number of fused-ring (bicyclic) bond motifs is 5. The first kappa shape index (κ1) is 17.5. The molecule has 4 aliphatic rings. The number of allylic oxidation sites excluding steroid dienone is 1. The molecule has 3 heteroatoms. The van der Waals surface area contributed by atoms with Crippen LogP contribution in [0.3, 0.4) is 0 Å². The highest BCUT2D eigenvalue weighted by Gasteiger charge is 2.66. The van der Waals surface area contributed by atoms with E-state index in [1.807, 2.05) is 6.08 Å². The quantitative estimate of drug-likeness (QED) is 0.741. The molecular weight excluding hydrogens is 312 g/mol. The summed E-state index contributed by atoms with van der Waals surface area (Å²) in [5.74, 6) is 2.45. The third-order valence-corrected chi connectivity index (χ3v) is 9.00. The minimum atomic E-state index is -0.581. The number of Topliss-reactive ketones (excluding diaryl/α,β-unsaturated/α-hetero) is 1. The SMILES string of the molecule is CO[C@]1(C(C)=O)CC[C@H]2[C@@H]3CCC4=CC(=O)CC[C@]4(C)[C@H]3CC[C@@]21C. The first-order chi connectivity index (χ1) is 11.8. The molecule has 0 heterocycles. The molecule has 3 saturated carbocycles. The molecule has 0 amide bonds. The van der Waals surface area contributed by atoms with Crippen LogP contribution in [-0.4, -0.2) is 24.3 Å². The average Bonchev–Trinajstić information content (AvgIpc) is 2.89. The van der Waals surface area contributed by atoms with Gasteiger partial charge in [0.2, 0.25) is 0 Å². The second-order valence-corrected chi connectivity index (χ2v) is 9.55. The molecule has 3 fully saturated rings. The van der Waals surface area contributed by atoms with E-state index < -0.39 is 5.60 Å². The van der Waals surface area contributed by atoms with Crippen molar-refractivity contribution in [1.29, 1.82) is 0 Å². The molecule has 0 N–H and O–H groups in total. The van der Waals surface area contributed by atoms with Crippen molar-refractivity contribution in [3.63, 3.8) is 0 Å². The highest BCUT2D eigenvalue weighted by molar-refractivity contribution is 5.91. The van der Waals surface area contributed by atoms with Crippen molar-refractivity contribution >= 4 is 11.6 Å². The molecule has 6 atom stereocenters. The van der Waals surface area contributed by atoms with Crippen LogP contribution < -0.4 is 0 Å². The lowest BCUT2D eigenvalue weighted by atomic mass is 9.46. The van der Waals surface area contributed by atoms with Gasteiger partial charge in [0.05, 0.1) is 0 Å². The Labute approximate surface area is 151 Å². The molecule has 0 aromatic carbocycles. The number of carbonyl (C=O) groups is 2. The molecule has 0 radical (unpaired) electrons. The maximum Gasteiger partial charge on any atom is 0.162 e. The van der Waals surface area contributed by atoms with Gasteiger partial charge in [-0.15, -0.1) is 0 Å². The summed E-state index contributed by atoms with van der Waals surface area (Å²) in [6.45, 7) is 6.46. The van der Waals surface area contributed by atoms with Crippen molar-refractivity contribution in [2.75, 3.05) is 7.11 Å². The summed E-state index contributed by atoms with van der Waals surface area (Å²) in [5.41, 5.74) is 1.00. The lowest BCUT2D eigenvalue weighted by Gasteiger charge is -2.59. The number of ether oxygens (including phenoxy) is 1. The van der Waals surface area contributed by atoms with Gasteiger partial charge in [0.25, 0.3) is 0 Å². The first-order valence-corrected chi connectivity index (χ1v) is 10.1. The molecule has 25 heavy (non-hydrogen) atoms. The van der Waals surface area contributed by atoms with E-state index in [4.69, 9.17) is 4.74 Å². The second-order valence-electron chi connectivity index (χ2n) is 9.55. The molecule has 0 aromatic rings. The Kier molecular flexibility index (Phi) is 3.85. The van der Waals surface area contributed by atoms with Gasteiger partial charge < -0.3 is 4.74 Å². The van der Waals surface area contributed by atoms with Crippen LogP contribution in [0.25, 0.3) is 0 Å². The summed E-state index contributed by atoms with van der Waals surface area (Å²) >= 11 is 0. The second kappa shape index (κ2) is 5.52. The maximum atomic E-state index is 12.6. The molecule has 0 bridgehead atoms. The van der Waals surface area contributed by atoms with Crippen LogP contribution in [0.5, 0.6) is 0 Å². The normalized spacial score (nSPS) is 49.0. The van der Waals surface area contributed by atoms with Gasteiger partial charge in [-0.2, -0.15) is 0 Å². The van der Waals surface area contributed by atoms with Crippen LogP contribution in [0.2, 0.25) is 0 Å². The van der Waals surface area contributed by atoms with Crippen molar-refractivity contribution < 1.29 is 14.3 Å². The Bertz CT molecular complexity index is 650. The number of hydrogen-bond donors (Lipinski definition) is 0. The topological polar surface area (TPSA) is 43.4 Å². The van der Waals surface area contributed by atoms with E-state index in [1.165, 1.54) is 12.0 Å². The van der Waals surface area contributed by atoms with Crippen molar-refractivity contribution in [2.24, 2.45) is 28.6 Å². The van der Waals surface area contributed by atoms with Gasteiger partial charge in [0, 0.05) is 18.9 Å². The standard InChI is InChI=1S/C22H32O3/c1-14(23)22(25-4)12-9-19-17-6-5-15-13-16(24)7-10-20(15,2)18(17)8-11-21(19,22)3/h13,17-19H,5-12H2,1-4H3/t17-,18+,19+,20+,21+,22+/m1/s1. The van der Waals surface area contributed by atoms with Crippen molar-refractivity contribution in [3.8, 4) is 0 Å². The van der Waals surface area contributed by atoms with Crippen molar-refractivity contribution in [2.45, 2.75) is 77.7 Å². The number of ketones is 2. The van der Waals surface area contributed by atoms with Gasteiger partial charge in [-0.3, -0.25) is 9.59 Å². The van der Waals surface area contributed by atoms with Gasteiger partial charge in [0.15, 0.2) is 11.6 Å². The zero-order valence-electron chi connectivity index (χ0n) is 16.2. The molecule has 4 rings (SSSR count). The molecule has 0 aromatic heterocycles. The van der Waals surface area contributed by atoms with Crippen LogP contribution in [0.15, 0.2) is 11.6 Å². The lowest BCUT2D eigenvalue weighted by molar-refractivity contribution is -0.168. The van der Waals surface area contributed by atoms with E-state index in [0.717, 1.165) is 38.5 Å². The number of rotatable bonds is 2. The summed E-state index contributed by atoms with van der Waals surface area (Å²) in [7, 11) is 1.73. The van der Waals surface area contributed by atoms with Gasteiger partial charge >= 0.3 is 0 Å². The van der Waals surface area contributed by atoms with E-state index in [2.05, 4.69) is 13.8 Å². The summed E-state index contributed by atoms with van der Waals surface area (Å²) < 4.78 is 5.95. The minimum Gasteiger partial charge on any atom is -0.370 e. The van der Waals surface area contributed by atoms with E-state index in [1.54, 1.807) is 14.0 Å². The Balaban J connectivity index is 1.70. The highest BCUT2D eigenvalue weighted by atomic mass is 16.5. The zero-order valence-corrected chi connectivity index (χ0v) is 16.2. The summed E-state index contributed by atoms with van der Waals surface area (Å²) in [6.07, 6.45) is 10.2. The Hall–Kier alpha value is -0.960. The van der Waals surface area contributed by atoms with E-state index in [0.29, 0.717) is 30.0 Å². The third-order valence-electron chi connectivity index (χ3n) is 9.00. The van der Waals surface area contributed by atoms with E-state index >= 15 is 0 Å². The molecule has 0 unspecified atom stereocenters. The van der Waals surface area contributed by atoms with Crippen LogP contribution in [0.1, 0.15) is 72.1 Å². The van der Waals surface area contributed by atoms with Crippen molar-refractivity contribution in [1.82, 2.24) is 0 Å². The first-order valence-electron chi connectivity index (χ1n) is 10.1. The van der Waals surface area contributed by atoms with E-state index in [9.17, 15) is 9.59 Å². The van der Waals surface area contributed by atoms with Crippen LogP contribution >= 0.6 is 0 Å². The smallest absolute Gasteiger partial charge is 0.162 e. The fourth-order valence-corrected chi connectivity index (χ4v) is 7.61. The summed E-state index contributed by atoms with van der Waals surface area (Å²) in [4.78, 5) is 24.5. The lowest BCUT2D eigenvalue weighted by Crippen LogP contribution is -2.57. The predicted octanol–water partition coefficient (Wildman–Crippen LogP) is 4.49. The molecular formula is C22H32O3. The molecule has 0 aliphatic heterocycles. The number of hydrogen-bond acceptors (Lipinski definition) is 3. The summed E-state index contributed by atoms with van der Waals surface area (Å²) in [6, 6.07) is 0. The minimum absolute atomic E-state index is 0.0309. The fourth-order valence-electron chi connectivity index (χ4n) is 7.61. The molecule has 0 saturated heterocycles. The Morgan fingerprint density at radius 3 is 2.48 bits per heavy atom. The molecule has 0 spiro atoms. The van der Waals surface area contributed by atoms with Gasteiger partial charge in [-0.1, -0.05) is 19.4 Å². The van der Waals surface area contributed by atoms with Gasteiger partial charge in [-0.05, 0) is 81.1 Å². The number of methoxy groups -OCH3 is 1. The summed E-state index contributed by atoms with van der Waals surface area (Å²) in [5, 5.41) is 0. The van der Waals surface area contributed by atoms with Gasteiger partial charge in [-0.25, -0.2) is 0 Å². The average molecular weight is 344 g/mol. The zero-order chi connectivity index (χ0) is 18.0. The Morgan fingerprint density at radius 2 is 1.80 bits per heavy atom. The van der Waals surface area contributed by atoms with Gasteiger partial charge in [0.1, 0.15) is 5.60 Å². The predicted molar refractivity (Wildman–Crippen MR) is 97.1 cm³/mol. The monoisotopic (exact) mass is 344 g/mol. The van der Waals surface area contributed by atoms with Crippen LogP contribution in [0.4, 0.5) is 0 Å². The van der Waals surface area contributed by atoms with E-state index in [-0.39, 0.29) is 16.6 Å². The number of carbonyl (C=O) groups excluding carboxylic acids is 2. The molecule has 138 valence electrons. The Morgan fingerprint density at radius 1 is 1.08 bits per heavy atom. The fraction of sp³-hybridized carbons (Fsp3) is 0.818. The molecule has 3 nitrogen and oxygen atoms in total. The van der Waals surface area contributed by atoms with Crippen LogP contribution in [-0.2, 0) is 14.3 Å². The highest BCUT2D eigenvalue weighted by Crippen LogP contribution is 2.68. The maximum absolute atomic E-state index is 12.6. The molecule has 4 aliphatic carbocycles. The van der Waals surface area contributed by atoms with Crippen LogP contribution in [0, 0.1) is 28.6 Å². The third kappa shape index (κ3) is 2.08. The van der Waals surface area contributed by atoms with Crippen molar-refractivity contribution in [3.05, 3.63) is 11.6 Å². The largest absolute Gasteiger partial charge is 0.370 e.